The maximum Gasteiger partial charge on any atom is 0.258 e. The number of amides is 1. The van der Waals surface area contributed by atoms with Crippen LogP contribution in [0.5, 0.6) is 11.5 Å². The van der Waals surface area contributed by atoms with Crippen molar-refractivity contribution in [1.29, 1.82) is 0 Å². The number of methoxy groups -OCH3 is 2. The average molecular weight is 404 g/mol. The summed E-state index contributed by atoms with van der Waals surface area (Å²) in [6.45, 7) is 2.36. The van der Waals surface area contributed by atoms with Gasteiger partial charge in [0, 0.05) is 29.7 Å². The van der Waals surface area contributed by atoms with Crippen molar-refractivity contribution < 1.29 is 14.3 Å². The number of rotatable bonds is 6. The molecule has 154 valence electrons. The summed E-state index contributed by atoms with van der Waals surface area (Å²) >= 11 is 0. The first-order chi connectivity index (χ1) is 14.6. The van der Waals surface area contributed by atoms with Crippen LogP contribution < -0.4 is 20.1 Å². The summed E-state index contributed by atoms with van der Waals surface area (Å²) in [6, 6.07) is 16.6. The molecule has 2 N–H and O–H groups in total. The summed E-state index contributed by atoms with van der Waals surface area (Å²) in [6.07, 6.45) is 3.44. The molecule has 0 saturated carbocycles. The molecule has 3 rings (SSSR count). The highest BCUT2D eigenvalue weighted by Gasteiger charge is 2.13. The van der Waals surface area contributed by atoms with Gasteiger partial charge in [0.15, 0.2) is 0 Å². The summed E-state index contributed by atoms with van der Waals surface area (Å²) in [5, 5.41) is 6.03. The molecule has 1 aromatic heterocycles. The van der Waals surface area contributed by atoms with Gasteiger partial charge in [-0.3, -0.25) is 15.1 Å². The van der Waals surface area contributed by atoms with Gasteiger partial charge in [0.05, 0.1) is 20.8 Å². The second kappa shape index (κ2) is 10.1. The molecule has 7 nitrogen and oxygen atoms in total. The van der Waals surface area contributed by atoms with E-state index in [1.807, 2.05) is 43.3 Å². The fourth-order valence-corrected chi connectivity index (χ4v) is 2.75. The van der Waals surface area contributed by atoms with Crippen molar-refractivity contribution in [2.24, 2.45) is 4.99 Å². The van der Waals surface area contributed by atoms with Crippen LogP contribution in [0.3, 0.4) is 0 Å². The predicted molar refractivity (Wildman–Crippen MR) is 117 cm³/mol. The molecule has 0 radical (unpaired) electrons. The minimum Gasteiger partial charge on any atom is -0.497 e. The van der Waals surface area contributed by atoms with Crippen LogP contribution in [-0.2, 0) is 6.54 Å². The Hall–Kier alpha value is -3.87. The molecule has 0 aliphatic carbocycles. The van der Waals surface area contributed by atoms with Crippen LogP contribution in [0.1, 0.15) is 21.5 Å². The number of aromatic nitrogens is 1. The number of nitrogens with zero attached hydrogens (tertiary/aromatic N) is 2. The van der Waals surface area contributed by atoms with Crippen LogP contribution >= 0.6 is 0 Å². The summed E-state index contributed by atoms with van der Waals surface area (Å²) in [4.78, 5) is 21.5. The van der Waals surface area contributed by atoms with Gasteiger partial charge in [0.2, 0.25) is 5.96 Å². The van der Waals surface area contributed by atoms with Gasteiger partial charge in [-0.05, 0) is 48.4 Å². The van der Waals surface area contributed by atoms with Gasteiger partial charge in [0.25, 0.3) is 5.91 Å². The van der Waals surface area contributed by atoms with Crippen molar-refractivity contribution in [2.75, 3.05) is 19.5 Å². The molecule has 0 fully saturated rings. The number of benzene rings is 2. The number of aliphatic imine (C=N–C) groups is 1. The average Bonchev–Trinajstić information content (AvgIpc) is 2.77. The Bertz CT molecular complexity index is 1010. The molecule has 0 aliphatic rings. The van der Waals surface area contributed by atoms with Gasteiger partial charge in [-0.2, -0.15) is 0 Å². The number of hydrogen-bond donors (Lipinski definition) is 2. The van der Waals surface area contributed by atoms with Gasteiger partial charge in [-0.15, -0.1) is 0 Å². The van der Waals surface area contributed by atoms with E-state index in [9.17, 15) is 4.79 Å². The smallest absolute Gasteiger partial charge is 0.258 e. The van der Waals surface area contributed by atoms with E-state index >= 15 is 0 Å². The third kappa shape index (κ3) is 5.81. The molecule has 1 heterocycles. The van der Waals surface area contributed by atoms with Crippen molar-refractivity contribution >= 4 is 17.6 Å². The maximum atomic E-state index is 12.9. The Labute approximate surface area is 175 Å². The number of ether oxygens (including phenoxy) is 2. The first-order valence-electron chi connectivity index (χ1n) is 9.39. The predicted octanol–water partition coefficient (Wildman–Crippen LogP) is 3.81. The van der Waals surface area contributed by atoms with E-state index in [4.69, 9.17) is 9.47 Å². The number of anilines is 1. The monoisotopic (exact) mass is 404 g/mol. The molecule has 0 aliphatic heterocycles. The number of pyridine rings is 1. The lowest BCUT2D eigenvalue weighted by Gasteiger charge is -2.13. The zero-order valence-corrected chi connectivity index (χ0v) is 17.2. The third-order valence-electron chi connectivity index (χ3n) is 4.27. The number of guanidine groups is 1. The standard InChI is InChI=1S/C23H24N4O3/c1-16-6-4-8-19(10-16)26-23(25-15-17-7-5-9-24-14-17)27-22(28)18-11-20(29-2)13-21(12-18)30-3/h4-14H,15H2,1-3H3,(H2,25,26,27,28). The number of carbonyl (C=O) groups is 1. The molecule has 7 heteroatoms. The molecule has 1 amide bonds. The Kier molecular flexibility index (Phi) is 7.00. The topological polar surface area (TPSA) is 84.8 Å². The minimum atomic E-state index is -0.336. The molecule has 0 unspecified atom stereocenters. The first kappa shape index (κ1) is 20.9. The number of hydrogen-bond acceptors (Lipinski definition) is 5. The summed E-state index contributed by atoms with van der Waals surface area (Å²) in [5.74, 6) is 1.05. The fourth-order valence-electron chi connectivity index (χ4n) is 2.75. The highest BCUT2D eigenvalue weighted by Crippen LogP contribution is 2.22. The van der Waals surface area contributed by atoms with Gasteiger partial charge in [0.1, 0.15) is 11.5 Å². The van der Waals surface area contributed by atoms with E-state index in [2.05, 4.69) is 20.6 Å². The number of aryl methyl sites for hydroxylation is 1. The highest BCUT2D eigenvalue weighted by atomic mass is 16.5. The van der Waals surface area contributed by atoms with E-state index in [-0.39, 0.29) is 5.91 Å². The van der Waals surface area contributed by atoms with Gasteiger partial charge < -0.3 is 14.8 Å². The molecular weight excluding hydrogens is 380 g/mol. The largest absolute Gasteiger partial charge is 0.497 e. The van der Waals surface area contributed by atoms with E-state index in [1.165, 1.54) is 14.2 Å². The molecule has 3 aromatic rings. The minimum absolute atomic E-state index is 0.330. The van der Waals surface area contributed by atoms with Crippen molar-refractivity contribution in [3.63, 3.8) is 0 Å². The maximum absolute atomic E-state index is 12.9. The van der Waals surface area contributed by atoms with Crippen LogP contribution in [0.15, 0.2) is 72.0 Å². The molecule has 2 aromatic carbocycles. The first-order valence-corrected chi connectivity index (χ1v) is 9.39. The summed E-state index contributed by atoms with van der Waals surface area (Å²) < 4.78 is 10.5. The Morgan fingerprint density at radius 3 is 2.43 bits per heavy atom. The fraction of sp³-hybridized carbons (Fsp3) is 0.174. The molecule has 0 atom stereocenters. The quantitative estimate of drug-likeness (QED) is 0.482. The third-order valence-corrected chi connectivity index (χ3v) is 4.27. The Balaban J connectivity index is 1.85. The second-order valence-electron chi connectivity index (χ2n) is 6.58. The van der Waals surface area contributed by atoms with E-state index < -0.39 is 0 Å². The molecule has 0 spiro atoms. The number of carbonyl (C=O) groups excluding carboxylic acids is 1. The zero-order chi connectivity index (χ0) is 21.3. The Morgan fingerprint density at radius 2 is 1.80 bits per heavy atom. The van der Waals surface area contributed by atoms with Crippen molar-refractivity contribution in [1.82, 2.24) is 10.3 Å². The highest BCUT2D eigenvalue weighted by molar-refractivity contribution is 6.10. The molecule has 30 heavy (non-hydrogen) atoms. The van der Waals surface area contributed by atoms with E-state index in [1.54, 1.807) is 30.6 Å². The normalized spacial score (nSPS) is 11.0. The second-order valence-corrected chi connectivity index (χ2v) is 6.58. The van der Waals surface area contributed by atoms with Crippen LogP contribution in [-0.4, -0.2) is 31.1 Å². The van der Waals surface area contributed by atoms with Crippen LogP contribution in [0.4, 0.5) is 5.69 Å². The van der Waals surface area contributed by atoms with Crippen molar-refractivity contribution in [3.8, 4) is 11.5 Å². The van der Waals surface area contributed by atoms with Crippen LogP contribution in [0.2, 0.25) is 0 Å². The van der Waals surface area contributed by atoms with Crippen LogP contribution in [0.25, 0.3) is 0 Å². The van der Waals surface area contributed by atoms with Crippen molar-refractivity contribution in [3.05, 3.63) is 83.7 Å². The van der Waals surface area contributed by atoms with Gasteiger partial charge >= 0.3 is 0 Å². The summed E-state index contributed by atoms with van der Waals surface area (Å²) in [5.41, 5.74) is 3.24. The summed E-state index contributed by atoms with van der Waals surface area (Å²) in [7, 11) is 3.08. The number of nitrogens with one attached hydrogen (secondary N) is 2. The molecule has 0 saturated heterocycles. The lowest BCUT2D eigenvalue weighted by Crippen LogP contribution is -2.36. The lowest BCUT2D eigenvalue weighted by atomic mass is 10.2. The van der Waals surface area contributed by atoms with Crippen molar-refractivity contribution in [2.45, 2.75) is 13.5 Å². The van der Waals surface area contributed by atoms with Gasteiger partial charge in [-0.25, -0.2) is 4.99 Å². The van der Waals surface area contributed by atoms with Gasteiger partial charge in [-0.1, -0.05) is 18.2 Å². The molecular formula is C23H24N4O3. The van der Waals surface area contributed by atoms with Crippen LogP contribution in [0, 0.1) is 6.92 Å². The lowest BCUT2D eigenvalue weighted by molar-refractivity contribution is 0.0976. The SMILES string of the molecule is COc1cc(OC)cc(C(=O)NC(=NCc2cccnc2)Nc2cccc(C)c2)c1. The zero-order valence-electron chi connectivity index (χ0n) is 17.2. The van der Waals surface area contributed by atoms with E-state index in [0.29, 0.717) is 29.6 Å². The Morgan fingerprint density at radius 1 is 1.03 bits per heavy atom. The molecule has 0 bridgehead atoms. The van der Waals surface area contributed by atoms with E-state index in [0.717, 1.165) is 16.8 Å².